The van der Waals surface area contributed by atoms with E-state index in [2.05, 4.69) is 0 Å². The Morgan fingerprint density at radius 3 is 2.72 bits per heavy atom. The van der Waals surface area contributed by atoms with Gasteiger partial charge in [-0.3, -0.25) is 0 Å². The van der Waals surface area contributed by atoms with Crippen LogP contribution in [0.5, 0.6) is 0 Å². The summed E-state index contributed by atoms with van der Waals surface area (Å²) in [6, 6.07) is 0.0589. The van der Waals surface area contributed by atoms with Crippen LogP contribution < -0.4 is 0 Å². The number of amides is 1. The molecule has 1 amide bonds. The van der Waals surface area contributed by atoms with Gasteiger partial charge in [0.15, 0.2) is 0 Å². The van der Waals surface area contributed by atoms with Crippen molar-refractivity contribution < 1.29 is 14.6 Å². The Labute approximate surface area is 114 Å². The molecular formula is C13H24ClNO3. The van der Waals surface area contributed by atoms with Gasteiger partial charge in [-0.05, 0) is 40.0 Å². The number of aliphatic hydroxyl groups is 1. The third kappa shape index (κ3) is 4.32. The summed E-state index contributed by atoms with van der Waals surface area (Å²) in [5, 5.41) is 9.41. The minimum absolute atomic E-state index is 0.0533. The molecule has 0 unspecified atom stereocenters. The first-order chi connectivity index (χ1) is 8.39. The number of hydrogen-bond donors (Lipinski definition) is 1. The predicted molar refractivity (Wildman–Crippen MR) is 71.9 cm³/mol. The summed E-state index contributed by atoms with van der Waals surface area (Å²) in [6.45, 7) is 6.35. The highest BCUT2D eigenvalue weighted by molar-refractivity contribution is 6.17. The number of rotatable bonds is 4. The molecule has 0 aromatic heterocycles. The molecule has 1 saturated heterocycles. The van der Waals surface area contributed by atoms with E-state index in [1.54, 1.807) is 4.90 Å². The highest BCUT2D eigenvalue weighted by atomic mass is 35.5. The number of alkyl halides is 1. The van der Waals surface area contributed by atoms with E-state index < -0.39 is 5.60 Å². The van der Waals surface area contributed by atoms with Crippen molar-refractivity contribution in [3.8, 4) is 0 Å². The molecule has 106 valence electrons. The number of likely N-dealkylation sites (tertiary alicyclic amines) is 1. The van der Waals surface area contributed by atoms with E-state index in [9.17, 15) is 9.90 Å². The van der Waals surface area contributed by atoms with Crippen molar-refractivity contribution in [3.05, 3.63) is 0 Å². The molecule has 0 aromatic carbocycles. The predicted octanol–water partition coefficient (Wildman–Crippen LogP) is 2.62. The van der Waals surface area contributed by atoms with E-state index >= 15 is 0 Å². The second-order valence-corrected chi connectivity index (χ2v) is 6.18. The van der Waals surface area contributed by atoms with Crippen LogP contribution in [-0.2, 0) is 4.74 Å². The van der Waals surface area contributed by atoms with E-state index in [-0.39, 0.29) is 24.7 Å². The highest BCUT2D eigenvalue weighted by Gasteiger charge is 2.36. The Hall–Kier alpha value is -0.480. The first-order valence-electron chi connectivity index (χ1n) is 6.55. The molecule has 1 aliphatic rings. The Bertz CT molecular complexity index is 278. The quantitative estimate of drug-likeness (QED) is 0.804. The average molecular weight is 278 g/mol. The van der Waals surface area contributed by atoms with Crippen molar-refractivity contribution in [2.24, 2.45) is 5.92 Å². The molecule has 18 heavy (non-hydrogen) atoms. The first-order valence-corrected chi connectivity index (χ1v) is 7.09. The largest absolute Gasteiger partial charge is 0.444 e. The molecule has 5 heteroatoms. The fraction of sp³-hybridized carbons (Fsp3) is 0.923. The third-order valence-corrected chi connectivity index (χ3v) is 3.40. The van der Waals surface area contributed by atoms with Gasteiger partial charge in [0.1, 0.15) is 5.60 Å². The van der Waals surface area contributed by atoms with E-state index in [1.807, 2.05) is 20.8 Å². The Kier molecular flexibility index (Phi) is 5.73. The van der Waals surface area contributed by atoms with Gasteiger partial charge in [0.2, 0.25) is 0 Å². The number of carbonyl (C=O) groups excluding carboxylic acids is 1. The molecule has 1 fully saturated rings. The van der Waals surface area contributed by atoms with E-state index in [0.29, 0.717) is 12.4 Å². The van der Waals surface area contributed by atoms with Gasteiger partial charge in [-0.15, -0.1) is 11.6 Å². The molecule has 0 aliphatic carbocycles. The monoisotopic (exact) mass is 277 g/mol. The van der Waals surface area contributed by atoms with Crippen molar-refractivity contribution in [2.45, 2.75) is 51.7 Å². The lowest BCUT2D eigenvalue weighted by Gasteiger charge is -2.32. The summed E-state index contributed by atoms with van der Waals surface area (Å²) in [5.41, 5.74) is -0.481. The number of aliphatic hydroxyl groups excluding tert-OH is 1. The van der Waals surface area contributed by atoms with Gasteiger partial charge in [-0.2, -0.15) is 0 Å². The molecule has 1 N–H and O–H groups in total. The number of ether oxygens (including phenoxy) is 1. The van der Waals surface area contributed by atoms with Crippen molar-refractivity contribution in [1.82, 2.24) is 4.90 Å². The summed E-state index contributed by atoms with van der Waals surface area (Å²) in [6.07, 6.45) is 2.32. The normalized spacial score (nSPS) is 22.1. The second-order valence-electron chi connectivity index (χ2n) is 5.80. The van der Waals surface area contributed by atoms with Crippen LogP contribution >= 0.6 is 11.6 Å². The van der Waals surface area contributed by atoms with Crippen LogP contribution in [0.2, 0.25) is 0 Å². The minimum atomic E-state index is -0.481. The average Bonchev–Trinajstić information content (AvgIpc) is 2.72. The van der Waals surface area contributed by atoms with Crippen LogP contribution in [0.25, 0.3) is 0 Å². The second kappa shape index (κ2) is 6.62. The Morgan fingerprint density at radius 2 is 2.22 bits per heavy atom. The van der Waals surface area contributed by atoms with Gasteiger partial charge >= 0.3 is 6.09 Å². The van der Waals surface area contributed by atoms with Crippen molar-refractivity contribution in [1.29, 1.82) is 0 Å². The number of carbonyl (C=O) groups is 1. The number of nitrogens with zero attached hydrogens (tertiary/aromatic N) is 1. The SMILES string of the molecule is CC(C)(C)OC(=O)N1CCC[C@@H]1[C@H](CO)CCCl. The van der Waals surface area contributed by atoms with E-state index in [4.69, 9.17) is 16.3 Å². The van der Waals surface area contributed by atoms with Crippen LogP contribution in [0.4, 0.5) is 4.79 Å². The number of halogens is 1. The van der Waals surface area contributed by atoms with E-state index in [1.165, 1.54) is 0 Å². The molecule has 0 bridgehead atoms. The van der Waals surface area contributed by atoms with Crippen LogP contribution in [0.3, 0.4) is 0 Å². The zero-order valence-corrected chi connectivity index (χ0v) is 12.2. The van der Waals surface area contributed by atoms with Gasteiger partial charge in [0.25, 0.3) is 0 Å². The maximum atomic E-state index is 12.1. The van der Waals surface area contributed by atoms with Gasteiger partial charge < -0.3 is 14.7 Å². The highest BCUT2D eigenvalue weighted by Crippen LogP contribution is 2.28. The van der Waals surface area contributed by atoms with Crippen LogP contribution in [0, 0.1) is 5.92 Å². The van der Waals surface area contributed by atoms with Crippen molar-refractivity contribution in [3.63, 3.8) is 0 Å². The van der Waals surface area contributed by atoms with Crippen LogP contribution in [-0.4, -0.2) is 46.8 Å². The minimum Gasteiger partial charge on any atom is -0.444 e. The topological polar surface area (TPSA) is 49.8 Å². The summed E-state index contributed by atoms with van der Waals surface area (Å²) in [4.78, 5) is 13.8. The van der Waals surface area contributed by atoms with Crippen LogP contribution in [0.1, 0.15) is 40.0 Å². The maximum absolute atomic E-state index is 12.1. The van der Waals surface area contributed by atoms with Crippen molar-refractivity contribution in [2.75, 3.05) is 19.0 Å². The molecule has 4 nitrogen and oxygen atoms in total. The third-order valence-electron chi connectivity index (χ3n) is 3.19. The molecular weight excluding hydrogens is 254 g/mol. The maximum Gasteiger partial charge on any atom is 0.410 e. The molecule has 0 radical (unpaired) electrons. The molecule has 2 atom stereocenters. The Balaban J connectivity index is 2.66. The number of hydrogen-bond acceptors (Lipinski definition) is 3. The lowest BCUT2D eigenvalue weighted by Crippen LogP contribution is -2.44. The molecule has 0 spiro atoms. The summed E-state index contributed by atoms with van der Waals surface area (Å²) < 4.78 is 5.40. The molecule has 1 heterocycles. The van der Waals surface area contributed by atoms with E-state index in [0.717, 1.165) is 19.3 Å². The molecule has 0 aromatic rings. The lowest BCUT2D eigenvalue weighted by atomic mass is 9.96. The zero-order valence-electron chi connectivity index (χ0n) is 11.5. The van der Waals surface area contributed by atoms with Crippen LogP contribution in [0.15, 0.2) is 0 Å². The zero-order chi connectivity index (χ0) is 13.8. The first kappa shape index (κ1) is 15.6. The fourth-order valence-electron chi connectivity index (χ4n) is 2.38. The van der Waals surface area contributed by atoms with Gasteiger partial charge in [-0.1, -0.05) is 0 Å². The van der Waals surface area contributed by atoms with Gasteiger partial charge in [0, 0.05) is 31.0 Å². The lowest BCUT2D eigenvalue weighted by molar-refractivity contribution is 0.0141. The van der Waals surface area contributed by atoms with Gasteiger partial charge in [-0.25, -0.2) is 4.79 Å². The fourth-order valence-corrected chi connectivity index (χ4v) is 2.66. The van der Waals surface area contributed by atoms with Crippen molar-refractivity contribution >= 4 is 17.7 Å². The summed E-state index contributed by atoms with van der Waals surface area (Å²) in [5.74, 6) is 0.557. The smallest absolute Gasteiger partial charge is 0.410 e. The standard InChI is InChI=1S/C13H24ClNO3/c1-13(2,3)18-12(17)15-8-4-5-11(15)10(9-16)6-7-14/h10-11,16H,4-9H2,1-3H3/t10-,11+/m0/s1. The summed E-state index contributed by atoms with van der Waals surface area (Å²) in [7, 11) is 0. The summed E-state index contributed by atoms with van der Waals surface area (Å²) >= 11 is 5.74. The molecule has 1 rings (SSSR count). The Morgan fingerprint density at radius 1 is 1.56 bits per heavy atom. The molecule has 0 saturated carbocycles. The van der Waals surface area contributed by atoms with Gasteiger partial charge in [0.05, 0.1) is 0 Å². The molecule has 1 aliphatic heterocycles.